The number of hydrogen-bond donors (Lipinski definition) is 1. The molecule has 0 amide bonds. The van der Waals surface area contributed by atoms with Crippen molar-refractivity contribution in [3.05, 3.63) is 88.7 Å². The summed E-state index contributed by atoms with van der Waals surface area (Å²) in [5.41, 5.74) is 8.97. The zero-order valence-electron chi connectivity index (χ0n) is 16.1. The lowest BCUT2D eigenvalue weighted by atomic mass is 10.0. The minimum absolute atomic E-state index is 0.400. The number of nitrogens with zero attached hydrogens (tertiary/aromatic N) is 2. The van der Waals surface area contributed by atoms with E-state index in [2.05, 4.69) is 10.4 Å². The predicted octanol–water partition coefficient (Wildman–Crippen LogP) is 5.20. The summed E-state index contributed by atoms with van der Waals surface area (Å²) >= 11 is 6.48. The number of esters is 1. The summed E-state index contributed by atoms with van der Waals surface area (Å²) in [5.74, 6) is -0.437. The molecule has 0 unspecified atom stereocenters. The molecule has 4 rings (SSSR count). The Morgan fingerprint density at radius 2 is 1.93 bits per heavy atom. The molecule has 0 aliphatic rings. The lowest BCUT2D eigenvalue weighted by Gasteiger charge is -2.12. The van der Waals surface area contributed by atoms with Crippen molar-refractivity contribution in [2.24, 2.45) is 0 Å². The molecule has 0 aliphatic carbocycles. The molecule has 1 aromatic heterocycles. The van der Waals surface area contributed by atoms with Crippen LogP contribution >= 0.6 is 11.6 Å². The average Bonchev–Trinajstić information content (AvgIpc) is 3.14. The smallest absolute Gasteiger partial charge is 0.340 e. The number of aryl methyl sites for hydroxylation is 1. The summed E-state index contributed by atoms with van der Waals surface area (Å²) in [7, 11) is 1.37. The molecule has 4 aromatic rings. The molecule has 0 fully saturated rings. The van der Waals surface area contributed by atoms with Crippen LogP contribution in [0.2, 0.25) is 5.02 Å². The van der Waals surface area contributed by atoms with Crippen molar-refractivity contribution in [3.8, 4) is 11.1 Å². The van der Waals surface area contributed by atoms with Gasteiger partial charge in [0.1, 0.15) is 11.8 Å². The highest BCUT2D eigenvalue weighted by Crippen LogP contribution is 2.32. The summed E-state index contributed by atoms with van der Waals surface area (Å²) in [6.07, 6.45) is 1.67. The van der Waals surface area contributed by atoms with Gasteiger partial charge in [0.2, 0.25) is 0 Å². The molecule has 0 saturated carbocycles. The normalized spacial score (nSPS) is 10.9. The molecule has 0 saturated heterocycles. The Kier molecular flexibility index (Phi) is 5.23. The van der Waals surface area contributed by atoms with Crippen LogP contribution in [0.1, 0.15) is 21.5 Å². The first-order chi connectivity index (χ1) is 14.1. The molecular weight excluding hydrogens is 386 g/mol. The number of carbonyl (C=O) groups is 1. The van der Waals surface area contributed by atoms with Gasteiger partial charge in [-0.15, -0.1) is 0 Å². The van der Waals surface area contributed by atoms with Crippen LogP contribution in [-0.2, 0) is 11.3 Å². The Morgan fingerprint density at radius 1 is 1.14 bits per heavy atom. The lowest BCUT2D eigenvalue weighted by molar-refractivity contribution is 0.0603. The molecule has 0 atom stereocenters. The third-order valence-electron chi connectivity index (χ3n) is 4.79. The van der Waals surface area contributed by atoms with E-state index in [-0.39, 0.29) is 0 Å². The van der Waals surface area contributed by atoms with Gasteiger partial charge in [-0.3, -0.25) is 0 Å². The van der Waals surface area contributed by atoms with Crippen LogP contribution in [0, 0.1) is 6.92 Å². The highest BCUT2D eigenvalue weighted by atomic mass is 35.5. The van der Waals surface area contributed by atoms with Crippen LogP contribution in [0.25, 0.3) is 22.2 Å². The van der Waals surface area contributed by atoms with E-state index in [0.29, 0.717) is 22.6 Å². The number of carbonyl (C=O) groups excluding carboxylic acids is 1. The molecule has 0 aliphatic heterocycles. The number of imidazole rings is 1. The van der Waals surface area contributed by atoms with E-state index in [1.807, 2.05) is 66.2 Å². The van der Waals surface area contributed by atoms with Crippen molar-refractivity contribution in [3.63, 3.8) is 0 Å². The van der Waals surface area contributed by atoms with E-state index >= 15 is 0 Å². The maximum Gasteiger partial charge on any atom is 0.340 e. The fourth-order valence-corrected chi connectivity index (χ4v) is 3.63. The molecule has 0 spiro atoms. The number of hydrogen-bond acceptors (Lipinski definition) is 4. The second-order valence-corrected chi connectivity index (χ2v) is 7.21. The van der Waals surface area contributed by atoms with Crippen LogP contribution in [0.15, 0.2) is 67.0 Å². The zero-order chi connectivity index (χ0) is 20.4. The average molecular weight is 406 g/mol. The Hall–Kier alpha value is -3.31. The molecule has 1 N–H and O–H groups in total. The van der Waals surface area contributed by atoms with Gasteiger partial charge in [0.25, 0.3) is 0 Å². The summed E-state index contributed by atoms with van der Waals surface area (Å²) in [4.78, 5) is 16.9. The monoisotopic (exact) mass is 405 g/mol. The van der Waals surface area contributed by atoms with Crippen LogP contribution in [0.4, 0.5) is 0 Å². The maximum atomic E-state index is 12.4. The highest BCUT2D eigenvalue weighted by Gasteiger charge is 2.18. The van der Waals surface area contributed by atoms with Gasteiger partial charge in [-0.25, -0.2) is 14.5 Å². The van der Waals surface area contributed by atoms with Gasteiger partial charge in [0, 0.05) is 10.6 Å². The summed E-state index contributed by atoms with van der Waals surface area (Å²) in [6, 6.07) is 19.7. The Balaban J connectivity index is 1.81. The number of nitrogens with one attached hydrogen (secondary N) is 1. The van der Waals surface area contributed by atoms with Crippen molar-refractivity contribution < 1.29 is 9.53 Å². The second kappa shape index (κ2) is 7.97. The molecular formula is C23H20ClN3O2. The fraction of sp³-hybridized carbons (Fsp3) is 0.130. The minimum Gasteiger partial charge on any atom is -0.465 e. The number of halogens is 1. The minimum atomic E-state index is -0.437. The van der Waals surface area contributed by atoms with Gasteiger partial charge in [-0.1, -0.05) is 54.1 Å². The Labute approximate surface area is 173 Å². The van der Waals surface area contributed by atoms with Gasteiger partial charge in [0.15, 0.2) is 0 Å². The van der Waals surface area contributed by atoms with Gasteiger partial charge >= 0.3 is 5.97 Å². The summed E-state index contributed by atoms with van der Waals surface area (Å²) in [6.45, 7) is 2.61. The van der Waals surface area contributed by atoms with Gasteiger partial charge < -0.3 is 10.2 Å². The summed E-state index contributed by atoms with van der Waals surface area (Å²) in [5, 5.41) is 0.628. The first kappa shape index (κ1) is 19.0. The largest absolute Gasteiger partial charge is 0.465 e. The Morgan fingerprint density at radius 3 is 2.66 bits per heavy atom. The maximum absolute atomic E-state index is 12.4. The SMILES string of the molecule is COC(=O)c1cc(-c2ccc(C)cc2Cl)cc2c1ncn2NCc1ccccc1. The third-order valence-corrected chi connectivity index (χ3v) is 5.10. The van der Waals surface area contributed by atoms with E-state index < -0.39 is 5.97 Å². The van der Waals surface area contributed by atoms with Crippen molar-refractivity contribution in [2.75, 3.05) is 12.5 Å². The van der Waals surface area contributed by atoms with Crippen LogP contribution in [0.3, 0.4) is 0 Å². The molecule has 29 heavy (non-hydrogen) atoms. The summed E-state index contributed by atoms with van der Waals surface area (Å²) < 4.78 is 6.80. The lowest BCUT2D eigenvalue weighted by Crippen LogP contribution is -2.13. The van der Waals surface area contributed by atoms with Crippen molar-refractivity contribution in [1.82, 2.24) is 9.66 Å². The van der Waals surface area contributed by atoms with E-state index in [1.165, 1.54) is 7.11 Å². The van der Waals surface area contributed by atoms with Crippen LogP contribution in [-0.4, -0.2) is 22.7 Å². The number of rotatable bonds is 5. The highest BCUT2D eigenvalue weighted by molar-refractivity contribution is 6.33. The molecule has 1 heterocycles. The van der Waals surface area contributed by atoms with Crippen LogP contribution < -0.4 is 5.43 Å². The number of fused-ring (bicyclic) bond motifs is 1. The van der Waals surface area contributed by atoms with Gasteiger partial charge in [-0.2, -0.15) is 0 Å². The van der Waals surface area contributed by atoms with Crippen molar-refractivity contribution in [1.29, 1.82) is 0 Å². The standard InChI is InChI=1S/C23H20ClN3O2/c1-15-8-9-18(20(24)10-15)17-11-19(23(28)29-2)22-21(12-17)27(14-25-22)26-13-16-6-4-3-5-7-16/h3-12,14,26H,13H2,1-2H3. The van der Waals surface area contributed by atoms with E-state index in [1.54, 1.807) is 12.4 Å². The second-order valence-electron chi connectivity index (χ2n) is 6.80. The fourth-order valence-electron chi connectivity index (χ4n) is 3.29. The first-order valence-electron chi connectivity index (χ1n) is 9.20. The van der Waals surface area contributed by atoms with Gasteiger partial charge in [-0.05, 0) is 41.8 Å². The number of ether oxygens (including phenoxy) is 1. The molecule has 6 heteroatoms. The van der Waals surface area contributed by atoms with Gasteiger partial charge in [0.05, 0.1) is 24.7 Å². The molecule has 0 radical (unpaired) electrons. The Bertz CT molecular complexity index is 1190. The quantitative estimate of drug-likeness (QED) is 0.464. The van der Waals surface area contributed by atoms with E-state index in [4.69, 9.17) is 16.3 Å². The van der Waals surface area contributed by atoms with E-state index in [9.17, 15) is 4.79 Å². The van der Waals surface area contributed by atoms with E-state index in [0.717, 1.165) is 27.8 Å². The van der Waals surface area contributed by atoms with Crippen LogP contribution in [0.5, 0.6) is 0 Å². The predicted molar refractivity (Wildman–Crippen MR) is 116 cm³/mol. The molecule has 5 nitrogen and oxygen atoms in total. The molecule has 146 valence electrons. The first-order valence-corrected chi connectivity index (χ1v) is 9.58. The van der Waals surface area contributed by atoms with Crippen molar-refractivity contribution in [2.45, 2.75) is 13.5 Å². The molecule has 3 aromatic carbocycles. The third kappa shape index (κ3) is 3.82. The molecule has 0 bridgehead atoms. The number of methoxy groups -OCH3 is 1. The number of benzene rings is 3. The zero-order valence-corrected chi connectivity index (χ0v) is 16.9. The van der Waals surface area contributed by atoms with Crippen molar-refractivity contribution >= 4 is 28.6 Å². The number of aromatic nitrogens is 2. The topological polar surface area (TPSA) is 56.1 Å².